The second kappa shape index (κ2) is 15.2. The average Bonchev–Trinajstić information content (AvgIpc) is 4.01. The normalized spacial score (nSPS) is 23.9. The van der Waals surface area contributed by atoms with Crippen molar-refractivity contribution < 1.29 is 9.53 Å². The number of nitrogens with one attached hydrogen (secondary N) is 1. The zero-order valence-corrected chi connectivity index (χ0v) is 32.2. The molecular weight excluding hydrogens is 724 g/mol. The first-order chi connectivity index (χ1) is 26.3. The third-order valence-electron chi connectivity index (χ3n) is 12.0. The number of carbonyl (C=O) groups is 1. The van der Waals surface area contributed by atoms with E-state index in [1.54, 1.807) is 11.1 Å². The van der Waals surface area contributed by atoms with Gasteiger partial charge in [0.2, 0.25) is 11.2 Å². The van der Waals surface area contributed by atoms with Crippen LogP contribution in [0.1, 0.15) is 85.0 Å². The number of thiophene rings is 1. The lowest BCUT2D eigenvalue weighted by Crippen LogP contribution is -2.45. The Morgan fingerprint density at radius 2 is 2.06 bits per heavy atom. The van der Waals surface area contributed by atoms with Crippen LogP contribution in [0.3, 0.4) is 0 Å². The molecule has 4 aliphatic rings. The fraction of sp³-hybridized carbons (Fsp3) is 0.553. The van der Waals surface area contributed by atoms with Crippen LogP contribution in [0.5, 0.6) is 5.88 Å². The molecule has 0 aromatic carbocycles. The summed E-state index contributed by atoms with van der Waals surface area (Å²) in [7, 11) is 2.13. The second-order valence-electron chi connectivity index (χ2n) is 15.0. The van der Waals surface area contributed by atoms with Gasteiger partial charge in [-0.05, 0) is 81.6 Å². The maximum Gasteiger partial charge on any atom is 0.330 e. The van der Waals surface area contributed by atoms with Gasteiger partial charge in [0, 0.05) is 72.1 Å². The number of nitrogens with zero attached hydrogens (tertiary/aromatic N) is 10. The van der Waals surface area contributed by atoms with Crippen LogP contribution < -0.4 is 15.4 Å². The molecular formula is C38H45ClN12O2S. The molecule has 14 nitrogen and oxygen atoms in total. The molecule has 3 fully saturated rings. The number of fused-ring (bicyclic) bond motifs is 2. The highest BCUT2D eigenvalue weighted by Crippen LogP contribution is 2.46. The van der Waals surface area contributed by atoms with Crippen LogP contribution in [0.2, 0.25) is 5.28 Å². The summed E-state index contributed by atoms with van der Waals surface area (Å²) < 4.78 is 7.83. The number of nitriles is 2. The van der Waals surface area contributed by atoms with E-state index in [-0.39, 0.29) is 41.5 Å². The Balaban J connectivity index is 1.14. The number of H-pyrrole nitrogens is 1. The van der Waals surface area contributed by atoms with Crippen molar-refractivity contribution in [3.8, 4) is 29.5 Å². The molecule has 0 spiro atoms. The van der Waals surface area contributed by atoms with Gasteiger partial charge in [0.05, 0.1) is 24.1 Å². The van der Waals surface area contributed by atoms with Crippen LogP contribution in [0.25, 0.3) is 11.5 Å². The summed E-state index contributed by atoms with van der Waals surface area (Å²) in [5, 5.41) is 28.9. The Bertz CT molecular complexity index is 2110. The van der Waals surface area contributed by atoms with Gasteiger partial charge in [-0.3, -0.25) is 5.10 Å². The number of rotatable bonds is 9. The fourth-order valence-electron chi connectivity index (χ4n) is 9.22. The molecule has 8 rings (SSSR count). The van der Waals surface area contributed by atoms with Crippen LogP contribution in [0.15, 0.2) is 18.5 Å². The molecule has 3 saturated heterocycles. The van der Waals surface area contributed by atoms with Crippen molar-refractivity contribution >= 4 is 39.8 Å². The number of piperidine rings is 1. The molecule has 4 aromatic heterocycles. The highest BCUT2D eigenvalue weighted by molar-refractivity contribution is 7.16. The van der Waals surface area contributed by atoms with Crippen molar-refractivity contribution in [2.24, 2.45) is 11.8 Å². The Labute approximate surface area is 323 Å². The SMILES string of the molecule is CCCc1c(-c2nc(OCC3CCCN3C)cc(N3CCC4CN(C(=O)n5ccnc5Cl)C(CC#N)C4C3)n2)n[nH]c1C1CCCc2sc(N)c(C#N)c21. The van der Waals surface area contributed by atoms with E-state index >= 15 is 0 Å². The number of halogens is 1. The summed E-state index contributed by atoms with van der Waals surface area (Å²) in [6, 6.07) is 6.41. The highest BCUT2D eigenvalue weighted by Gasteiger charge is 2.47. The minimum absolute atomic E-state index is 0.0159. The molecule has 0 bridgehead atoms. The van der Waals surface area contributed by atoms with E-state index in [4.69, 9.17) is 37.1 Å². The largest absolute Gasteiger partial charge is 0.476 e. The number of anilines is 2. The smallest absolute Gasteiger partial charge is 0.330 e. The molecule has 5 atom stereocenters. The average molecular weight is 769 g/mol. The van der Waals surface area contributed by atoms with Gasteiger partial charge < -0.3 is 25.2 Å². The van der Waals surface area contributed by atoms with Crippen molar-refractivity contribution in [2.45, 2.75) is 82.7 Å². The van der Waals surface area contributed by atoms with Gasteiger partial charge in [0.25, 0.3) is 0 Å². The van der Waals surface area contributed by atoms with E-state index in [1.165, 1.54) is 27.0 Å². The number of carbonyl (C=O) groups excluding carboxylic acids is 1. The number of likely N-dealkylation sites (N-methyl/N-ethyl adjacent to an activating group) is 1. The minimum Gasteiger partial charge on any atom is -0.476 e. The van der Waals surface area contributed by atoms with Crippen LogP contribution in [0, 0.1) is 34.5 Å². The Morgan fingerprint density at radius 3 is 2.80 bits per heavy atom. The summed E-state index contributed by atoms with van der Waals surface area (Å²) in [6.45, 7) is 5.62. The predicted molar refractivity (Wildman–Crippen MR) is 206 cm³/mol. The van der Waals surface area contributed by atoms with E-state index in [0.717, 1.165) is 87.1 Å². The number of nitrogen functional groups attached to an aromatic ring is 1. The number of aromatic nitrogens is 6. The molecule has 54 heavy (non-hydrogen) atoms. The third kappa shape index (κ3) is 6.56. The number of hydrogen-bond donors (Lipinski definition) is 2. The number of imidazole rings is 1. The van der Waals surface area contributed by atoms with Crippen molar-refractivity contribution in [3.63, 3.8) is 0 Å². The first-order valence-corrected chi connectivity index (χ1v) is 20.2. The Hall–Kier alpha value is -4.70. The van der Waals surface area contributed by atoms with Crippen LogP contribution in [-0.4, -0.2) is 97.5 Å². The topological polar surface area (TPSA) is 182 Å². The number of nitrogens with two attached hydrogens (primary N) is 1. The quantitative estimate of drug-likeness (QED) is 0.209. The van der Waals surface area contributed by atoms with Crippen molar-refractivity contribution in [1.82, 2.24) is 39.5 Å². The number of aryl methyl sites for hydroxylation is 1. The maximum absolute atomic E-state index is 13.6. The summed E-state index contributed by atoms with van der Waals surface area (Å²) in [5.41, 5.74) is 10.7. The van der Waals surface area contributed by atoms with Gasteiger partial charge in [0.1, 0.15) is 29.2 Å². The monoisotopic (exact) mass is 768 g/mol. The lowest BCUT2D eigenvalue weighted by atomic mass is 9.81. The first kappa shape index (κ1) is 36.3. The molecule has 3 N–H and O–H groups in total. The van der Waals surface area contributed by atoms with E-state index < -0.39 is 0 Å². The van der Waals surface area contributed by atoms with Crippen molar-refractivity contribution in [1.29, 1.82) is 10.5 Å². The lowest BCUT2D eigenvalue weighted by Gasteiger charge is -2.37. The van der Waals surface area contributed by atoms with Gasteiger partial charge in [-0.25, -0.2) is 19.3 Å². The molecule has 5 unspecified atom stereocenters. The fourth-order valence-corrected chi connectivity index (χ4v) is 10.5. The summed E-state index contributed by atoms with van der Waals surface area (Å²) in [6.07, 6.45) is 10.8. The molecule has 4 aromatic rings. The minimum atomic E-state index is -0.279. The second-order valence-corrected chi connectivity index (χ2v) is 16.5. The zero-order chi connectivity index (χ0) is 37.5. The van der Waals surface area contributed by atoms with E-state index in [2.05, 4.69) is 46.0 Å². The lowest BCUT2D eigenvalue weighted by molar-refractivity contribution is 0.188. The predicted octanol–water partition coefficient (Wildman–Crippen LogP) is 5.83. The standard InChI is InChI=1S/C38H45ClN12O2S/c1-3-6-25-33(24-8-4-9-29-32(24)26(18-41)35(42)54-29)46-47-34(25)36-44-30(17-31(45-36)53-21-23-7-5-14-48(23)2)49-15-11-22-19-51(28(10-12-40)27(22)20-49)38(52)50-16-13-43-37(50)39/h13,16-17,22-24,27-28H,3-11,14-15,19-21,42H2,1-2H3,(H,46,47). The van der Waals surface area contributed by atoms with Gasteiger partial charge in [0.15, 0.2) is 5.82 Å². The van der Waals surface area contributed by atoms with E-state index in [0.29, 0.717) is 53.7 Å². The molecule has 16 heteroatoms. The van der Waals surface area contributed by atoms with Gasteiger partial charge in [-0.1, -0.05) is 13.3 Å². The summed E-state index contributed by atoms with van der Waals surface area (Å²) in [5.74, 6) is 1.99. The molecule has 7 heterocycles. The van der Waals surface area contributed by atoms with Gasteiger partial charge >= 0.3 is 6.03 Å². The van der Waals surface area contributed by atoms with Crippen LogP contribution in [-0.2, 0) is 12.8 Å². The highest BCUT2D eigenvalue weighted by atomic mass is 35.5. The van der Waals surface area contributed by atoms with E-state index in [9.17, 15) is 15.3 Å². The zero-order valence-electron chi connectivity index (χ0n) is 30.7. The number of aromatic amines is 1. The Kier molecular flexibility index (Phi) is 10.2. The van der Waals surface area contributed by atoms with Gasteiger partial charge in [-0.2, -0.15) is 20.6 Å². The first-order valence-electron chi connectivity index (χ1n) is 19.0. The summed E-state index contributed by atoms with van der Waals surface area (Å²) in [4.78, 5) is 35.4. The maximum atomic E-state index is 13.6. The summed E-state index contributed by atoms with van der Waals surface area (Å²) >= 11 is 7.77. The number of amides is 1. The van der Waals surface area contributed by atoms with Crippen LogP contribution >= 0.6 is 22.9 Å². The Morgan fingerprint density at radius 1 is 1.19 bits per heavy atom. The number of hydrogen-bond acceptors (Lipinski definition) is 12. The molecule has 3 aliphatic heterocycles. The van der Waals surface area contributed by atoms with E-state index in [1.807, 2.05) is 6.07 Å². The molecule has 0 radical (unpaired) electrons. The number of ether oxygens (including phenoxy) is 1. The molecule has 1 aliphatic carbocycles. The number of likely N-dealkylation sites (tertiary alicyclic amines) is 2. The van der Waals surface area contributed by atoms with Gasteiger partial charge in [-0.15, -0.1) is 11.3 Å². The van der Waals surface area contributed by atoms with Crippen molar-refractivity contribution in [3.05, 3.63) is 51.0 Å². The van der Waals surface area contributed by atoms with Crippen LogP contribution in [0.4, 0.5) is 15.6 Å². The molecule has 282 valence electrons. The van der Waals surface area contributed by atoms with Crippen molar-refractivity contribution in [2.75, 3.05) is 50.5 Å². The third-order valence-corrected chi connectivity index (χ3v) is 13.3. The molecule has 1 amide bonds. The molecule has 0 saturated carbocycles.